The quantitative estimate of drug-likeness (QED) is 0.361. The number of H-pyrrole nitrogens is 1. The molecule has 2 aromatic heterocycles. The van der Waals surface area contributed by atoms with Crippen LogP contribution in [0.15, 0.2) is 23.0 Å². The molecule has 12 nitrogen and oxygen atoms in total. The number of carboxylic acid groups (broad SMARTS) is 1. The van der Waals surface area contributed by atoms with Gasteiger partial charge >= 0.3 is 6.09 Å². The summed E-state index contributed by atoms with van der Waals surface area (Å²) in [7, 11) is 0. The summed E-state index contributed by atoms with van der Waals surface area (Å²) in [5, 5.41) is 17.4. The largest absolute Gasteiger partial charge is 0.465 e. The number of carbonyl (C=O) groups excluding carboxylic acids is 2. The normalized spacial score (nSPS) is 11.0. The van der Waals surface area contributed by atoms with Gasteiger partial charge in [0.15, 0.2) is 5.52 Å². The van der Waals surface area contributed by atoms with Gasteiger partial charge in [0.05, 0.1) is 17.3 Å². The molecule has 3 amide bonds. The second-order valence-corrected chi connectivity index (χ2v) is 8.30. The summed E-state index contributed by atoms with van der Waals surface area (Å²) in [5.74, 6) is -1.87. The number of carbonyl (C=O) groups is 3. The van der Waals surface area contributed by atoms with Crippen molar-refractivity contribution in [3.05, 3.63) is 50.7 Å². The molecule has 0 radical (unpaired) electrons. The standard InChI is InChI=1S/C21H23ClFN7O5/c1-10(2)29(8-14(31)24-7-12-5-4-6-13(22)16(12)23)15(32)9-30-11(3)17-18(28-30)19(33)26-20(25-17)27-21(34)35/h4-6,10H,7-9H2,1-3H3,(H,24,31)(H,34,35)(H2,25,26,27,33). The molecule has 3 aromatic rings. The first kappa shape index (κ1) is 25.6. The highest BCUT2D eigenvalue weighted by atomic mass is 35.5. The molecular weight excluding hydrogens is 485 g/mol. The highest BCUT2D eigenvalue weighted by Gasteiger charge is 2.23. The van der Waals surface area contributed by atoms with E-state index in [9.17, 15) is 23.6 Å². The van der Waals surface area contributed by atoms with E-state index in [1.165, 1.54) is 21.7 Å². The number of halogens is 2. The Kier molecular flexibility index (Phi) is 7.69. The lowest BCUT2D eigenvalue weighted by Gasteiger charge is -2.26. The lowest BCUT2D eigenvalue weighted by molar-refractivity contribution is -0.138. The second-order valence-electron chi connectivity index (χ2n) is 7.89. The summed E-state index contributed by atoms with van der Waals surface area (Å²) in [5.41, 5.74) is -0.0493. The summed E-state index contributed by atoms with van der Waals surface area (Å²) in [6.07, 6.45) is -1.41. The van der Waals surface area contributed by atoms with E-state index in [0.29, 0.717) is 5.69 Å². The van der Waals surface area contributed by atoms with Gasteiger partial charge in [0.1, 0.15) is 17.9 Å². The van der Waals surface area contributed by atoms with Crippen molar-refractivity contribution < 1.29 is 23.9 Å². The topological polar surface area (TPSA) is 162 Å². The Morgan fingerprint density at radius 3 is 2.66 bits per heavy atom. The van der Waals surface area contributed by atoms with Gasteiger partial charge in [-0.1, -0.05) is 23.7 Å². The van der Waals surface area contributed by atoms with Gasteiger partial charge in [-0.15, -0.1) is 0 Å². The number of hydrogen-bond acceptors (Lipinski definition) is 6. The highest BCUT2D eigenvalue weighted by Crippen LogP contribution is 2.18. The maximum Gasteiger partial charge on any atom is 0.411 e. The minimum absolute atomic E-state index is 0.0584. The molecule has 14 heteroatoms. The van der Waals surface area contributed by atoms with Gasteiger partial charge in [-0.2, -0.15) is 5.10 Å². The van der Waals surface area contributed by atoms with E-state index in [1.807, 2.05) is 5.32 Å². The van der Waals surface area contributed by atoms with Crippen LogP contribution in [-0.4, -0.2) is 60.2 Å². The number of aromatic nitrogens is 4. The minimum atomic E-state index is -1.41. The number of amides is 3. The van der Waals surface area contributed by atoms with Crippen LogP contribution in [0.2, 0.25) is 5.02 Å². The molecule has 0 saturated heterocycles. The zero-order valence-corrected chi connectivity index (χ0v) is 19.8. The first-order chi connectivity index (χ1) is 16.5. The first-order valence-electron chi connectivity index (χ1n) is 10.4. The lowest BCUT2D eigenvalue weighted by atomic mass is 10.2. The van der Waals surface area contributed by atoms with Crippen LogP contribution in [0.5, 0.6) is 0 Å². The van der Waals surface area contributed by atoms with Crippen molar-refractivity contribution >= 4 is 46.5 Å². The maximum absolute atomic E-state index is 14.0. The lowest BCUT2D eigenvalue weighted by Crippen LogP contribution is -2.45. The number of aryl methyl sites for hydroxylation is 1. The van der Waals surface area contributed by atoms with Crippen molar-refractivity contribution in [2.75, 3.05) is 11.9 Å². The van der Waals surface area contributed by atoms with Crippen molar-refractivity contribution in [1.29, 1.82) is 0 Å². The molecule has 35 heavy (non-hydrogen) atoms. The number of benzene rings is 1. The summed E-state index contributed by atoms with van der Waals surface area (Å²) >= 11 is 5.75. The van der Waals surface area contributed by atoms with Gasteiger partial charge < -0.3 is 15.3 Å². The summed E-state index contributed by atoms with van der Waals surface area (Å²) in [6, 6.07) is 4.10. The second kappa shape index (κ2) is 10.5. The molecule has 0 aliphatic rings. The van der Waals surface area contributed by atoms with Gasteiger partial charge in [0.2, 0.25) is 17.8 Å². The van der Waals surface area contributed by atoms with Crippen LogP contribution >= 0.6 is 11.6 Å². The maximum atomic E-state index is 14.0. The van der Waals surface area contributed by atoms with Crippen molar-refractivity contribution in [2.45, 2.75) is 39.9 Å². The van der Waals surface area contributed by atoms with E-state index in [4.69, 9.17) is 16.7 Å². The third kappa shape index (κ3) is 5.93. The molecule has 0 fully saturated rings. The predicted molar refractivity (Wildman–Crippen MR) is 125 cm³/mol. The Balaban J connectivity index is 1.73. The molecule has 0 atom stereocenters. The van der Waals surface area contributed by atoms with E-state index >= 15 is 0 Å². The highest BCUT2D eigenvalue weighted by molar-refractivity contribution is 6.30. The molecule has 3 rings (SSSR count). The van der Waals surface area contributed by atoms with Gasteiger partial charge in [0.25, 0.3) is 5.56 Å². The average Bonchev–Trinajstić information content (AvgIpc) is 3.08. The molecule has 186 valence electrons. The van der Waals surface area contributed by atoms with Crippen LogP contribution < -0.4 is 16.2 Å². The monoisotopic (exact) mass is 507 g/mol. The van der Waals surface area contributed by atoms with Crippen LogP contribution in [0, 0.1) is 12.7 Å². The molecule has 4 N–H and O–H groups in total. The average molecular weight is 508 g/mol. The fourth-order valence-electron chi connectivity index (χ4n) is 3.31. The van der Waals surface area contributed by atoms with E-state index in [-0.39, 0.29) is 53.2 Å². The van der Waals surface area contributed by atoms with Crippen LogP contribution in [0.25, 0.3) is 11.0 Å². The number of rotatable bonds is 8. The molecule has 0 bridgehead atoms. The van der Waals surface area contributed by atoms with Crippen molar-refractivity contribution in [3.63, 3.8) is 0 Å². The van der Waals surface area contributed by atoms with Crippen LogP contribution in [0.3, 0.4) is 0 Å². The Hall–Kier alpha value is -4.00. The fraction of sp³-hybridized carbons (Fsp3) is 0.333. The molecule has 0 aliphatic heterocycles. The van der Waals surface area contributed by atoms with E-state index < -0.39 is 29.3 Å². The van der Waals surface area contributed by atoms with Gasteiger partial charge in [0, 0.05) is 18.2 Å². The number of aromatic amines is 1. The molecule has 0 saturated carbocycles. The summed E-state index contributed by atoms with van der Waals surface area (Å²) in [6.45, 7) is 4.35. The molecule has 0 unspecified atom stereocenters. The van der Waals surface area contributed by atoms with Gasteiger partial charge in [-0.3, -0.25) is 29.4 Å². The smallest absolute Gasteiger partial charge is 0.411 e. The SMILES string of the molecule is Cc1c2nc(NC(=O)O)[nH]c(=O)c2nn1CC(=O)N(CC(=O)NCc1cccc(Cl)c1F)C(C)C. The van der Waals surface area contributed by atoms with Crippen molar-refractivity contribution in [1.82, 2.24) is 30.0 Å². The van der Waals surface area contributed by atoms with E-state index in [0.717, 1.165) is 0 Å². The third-order valence-electron chi connectivity index (χ3n) is 5.12. The van der Waals surface area contributed by atoms with Crippen LogP contribution in [0.1, 0.15) is 25.1 Å². The Morgan fingerprint density at radius 1 is 1.29 bits per heavy atom. The Bertz CT molecular complexity index is 1350. The van der Waals surface area contributed by atoms with Crippen LogP contribution in [-0.2, 0) is 22.7 Å². The summed E-state index contributed by atoms with van der Waals surface area (Å²) < 4.78 is 15.3. The van der Waals surface area contributed by atoms with E-state index in [2.05, 4.69) is 20.4 Å². The molecule has 0 aliphatic carbocycles. The van der Waals surface area contributed by atoms with Gasteiger partial charge in [-0.05, 0) is 26.8 Å². The zero-order chi connectivity index (χ0) is 25.9. The first-order valence-corrected chi connectivity index (χ1v) is 10.8. The fourth-order valence-corrected chi connectivity index (χ4v) is 3.51. The zero-order valence-electron chi connectivity index (χ0n) is 19.1. The molecule has 1 aromatic carbocycles. The number of nitrogens with zero attached hydrogens (tertiary/aromatic N) is 4. The Labute approximate surface area is 203 Å². The number of anilines is 1. The molecule has 2 heterocycles. The summed E-state index contributed by atoms with van der Waals surface area (Å²) in [4.78, 5) is 56.2. The number of nitrogens with one attached hydrogen (secondary N) is 3. The third-order valence-corrected chi connectivity index (χ3v) is 5.41. The van der Waals surface area contributed by atoms with Crippen LogP contribution in [0.4, 0.5) is 15.1 Å². The number of fused-ring (bicyclic) bond motifs is 1. The minimum Gasteiger partial charge on any atom is -0.465 e. The Morgan fingerprint density at radius 2 is 2.00 bits per heavy atom. The van der Waals surface area contributed by atoms with Gasteiger partial charge in [-0.25, -0.2) is 14.2 Å². The number of hydrogen-bond donors (Lipinski definition) is 4. The van der Waals surface area contributed by atoms with Crippen molar-refractivity contribution in [3.8, 4) is 0 Å². The predicted octanol–water partition coefficient (Wildman–Crippen LogP) is 1.86. The van der Waals surface area contributed by atoms with Crippen molar-refractivity contribution in [2.24, 2.45) is 0 Å². The van der Waals surface area contributed by atoms with E-state index in [1.54, 1.807) is 26.8 Å². The molecular formula is C21H23ClFN7O5. The molecule has 0 spiro atoms.